The molecule has 0 saturated carbocycles. The summed E-state index contributed by atoms with van der Waals surface area (Å²) in [6.07, 6.45) is 5.20. The van der Waals surface area contributed by atoms with Crippen LogP contribution in [0.4, 0.5) is 0 Å². The molecule has 0 atom stereocenters. The van der Waals surface area contributed by atoms with E-state index < -0.39 is 5.97 Å². The maximum Gasteiger partial charge on any atom is 0.309 e. The Balaban J connectivity index is 2.51. The van der Waals surface area contributed by atoms with Crippen molar-refractivity contribution in [3.8, 4) is 0 Å². The molecule has 1 N–H and O–H groups in total. The van der Waals surface area contributed by atoms with Crippen LogP contribution >= 0.6 is 0 Å². The van der Waals surface area contributed by atoms with Gasteiger partial charge < -0.3 is 5.11 Å². The van der Waals surface area contributed by atoms with Crippen LogP contribution in [0.3, 0.4) is 0 Å². The molecule has 0 amide bonds. The lowest BCUT2D eigenvalue weighted by molar-refractivity contribution is -0.136. The summed E-state index contributed by atoms with van der Waals surface area (Å²) in [4.78, 5) is 18.9. The van der Waals surface area contributed by atoms with Crippen LogP contribution < -0.4 is 0 Å². The van der Waals surface area contributed by atoms with Gasteiger partial charge in [-0.1, -0.05) is 13.8 Å². The molecule has 0 fully saturated rings. The lowest BCUT2D eigenvalue weighted by atomic mass is 10.1. The largest absolute Gasteiger partial charge is 0.481 e. The number of hydrogen-bond acceptors (Lipinski definition) is 3. The molecule has 2 heterocycles. The molecular formula is C11H13N3O2. The van der Waals surface area contributed by atoms with Crippen LogP contribution in [-0.2, 0) is 11.2 Å². The fourth-order valence-electron chi connectivity index (χ4n) is 1.52. The summed E-state index contributed by atoms with van der Waals surface area (Å²) >= 11 is 0. The number of aliphatic carboxylic acids is 1. The van der Waals surface area contributed by atoms with Crippen molar-refractivity contribution in [2.75, 3.05) is 0 Å². The van der Waals surface area contributed by atoms with Gasteiger partial charge in [-0.25, -0.2) is 9.97 Å². The molecule has 0 radical (unpaired) electrons. The number of hydrogen-bond donors (Lipinski definition) is 1. The Bertz CT molecular complexity index is 531. The van der Waals surface area contributed by atoms with Gasteiger partial charge in [0.05, 0.1) is 18.3 Å². The predicted octanol–water partition coefficient (Wildman–Crippen LogP) is 1.48. The lowest BCUT2D eigenvalue weighted by Gasteiger charge is -2.05. The van der Waals surface area contributed by atoms with Crippen LogP contribution in [0.2, 0.25) is 0 Å². The fraction of sp³-hybridized carbons (Fsp3) is 0.364. The highest BCUT2D eigenvalue weighted by atomic mass is 16.4. The van der Waals surface area contributed by atoms with Crippen LogP contribution in [0.1, 0.15) is 31.0 Å². The predicted molar refractivity (Wildman–Crippen MR) is 58.4 cm³/mol. The normalized spacial score (nSPS) is 11.2. The van der Waals surface area contributed by atoms with E-state index in [1.807, 2.05) is 6.20 Å². The molecule has 16 heavy (non-hydrogen) atoms. The fourth-order valence-corrected chi connectivity index (χ4v) is 1.52. The number of carboxylic acids is 1. The van der Waals surface area contributed by atoms with E-state index in [1.54, 1.807) is 16.8 Å². The molecule has 0 aliphatic carbocycles. The van der Waals surface area contributed by atoms with E-state index in [2.05, 4.69) is 23.8 Å². The van der Waals surface area contributed by atoms with Gasteiger partial charge in [0.15, 0.2) is 0 Å². The number of carboxylic acid groups (broad SMARTS) is 1. The molecule has 84 valence electrons. The average molecular weight is 219 g/mol. The van der Waals surface area contributed by atoms with Crippen molar-refractivity contribution < 1.29 is 9.90 Å². The average Bonchev–Trinajstić information content (AvgIpc) is 2.60. The first-order chi connectivity index (χ1) is 7.58. The minimum atomic E-state index is -0.864. The summed E-state index contributed by atoms with van der Waals surface area (Å²) < 4.78 is 1.74. The highest BCUT2D eigenvalue weighted by molar-refractivity contribution is 5.69. The molecular weight excluding hydrogens is 206 g/mol. The maximum atomic E-state index is 10.7. The molecule has 0 aliphatic heterocycles. The topological polar surface area (TPSA) is 67.5 Å². The summed E-state index contributed by atoms with van der Waals surface area (Å²) in [5.74, 6) is 0.0365. The molecule has 0 aliphatic rings. The number of fused-ring (bicyclic) bond motifs is 1. The van der Waals surface area contributed by atoms with Crippen LogP contribution in [0.5, 0.6) is 0 Å². The first-order valence-corrected chi connectivity index (χ1v) is 5.11. The van der Waals surface area contributed by atoms with Crippen molar-refractivity contribution in [2.24, 2.45) is 0 Å². The Labute approximate surface area is 92.8 Å². The molecule has 0 unspecified atom stereocenters. The molecule has 5 heteroatoms. The molecule has 2 aromatic rings. The molecule has 5 nitrogen and oxygen atoms in total. The SMILES string of the molecule is CC(C)c1cnc2ncc(CC(=O)O)n2c1. The van der Waals surface area contributed by atoms with E-state index in [4.69, 9.17) is 5.11 Å². The van der Waals surface area contributed by atoms with Gasteiger partial charge in [-0.05, 0) is 11.5 Å². The van der Waals surface area contributed by atoms with Gasteiger partial charge in [0.1, 0.15) is 0 Å². The van der Waals surface area contributed by atoms with Crippen LogP contribution in [0.25, 0.3) is 5.78 Å². The third-order valence-electron chi connectivity index (χ3n) is 2.46. The van der Waals surface area contributed by atoms with Gasteiger partial charge in [-0.3, -0.25) is 9.20 Å². The third kappa shape index (κ3) is 1.88. The van der Waals surface area contributed by atoms with Crippen molar-refractivity contribution in [3.05, 3.63) is 29.8 Å². The third-order valence-corrected chi connectivity index (χ3v) is 2.46. The lowest BCUT2D eigenvalue weighted by Crippen LogP contribution is -2.04. The highest BCUT2D eigenvalue weighted by Gasteiger charge is 2.09. The quantitative estimate of drug-likeness (QED) is 0.849. The van der Waals surface area contributed by atoms with Crippen molar-refractivity contribution in [1.82, 2.24) is 14.4 Å². The second kappa shape index (κ2) is 3.92. The Morgan fingerprint density at radius 3 is 2.75 bits per heavy atom. The maximum absolute atomic E-state index is 10.7. The van der Waals surface area contributed by atoms with E-state index in [-0.39, 0.29) is 6.42 Å². The van der Waals surface area contributed by atoms with Crippen LogP contribution in [-0.4, -0.2) is 25.4 Å². The monoisotopic (exact) mass is 219 g/mol. The van der Waals surface area contributed by atoms with Gasteiger partial charge in [-0.15, -0.1) is 0 Å². The minimum Gasteiger partial charge on any atom is -0.481 e. The Kier molecular flexibility index (Phi) is 2.60. The first-order valence-electron chi connectivity index (χ1n) is 5.11. The molecule has 0 bridgehead atoms. The number of nitrogens with zero attached hydrogens (tertiary/aromatic N) is 3. The Morgan fingerprint density at radius 1 is 1.44 bits per heavy atom. The summed E-state index contributed by atoms with van der Waals surface area (Å²) in [6, 6.07) is 0. The second-order valence-corrected chi connectivity index (χ2v) is 4.03. The minimum absolute atomic E-state index is 0.0373. The zero-order valence-corrected chi connectivity index (χ0v) is 9.21. The van der Waals surface area contributed by atoms with E-state index in [9.17, 15) is 4.79 Å². The highest BCUT2D eigenvalue weighted by Crippen LogP contribution is 2.14. The molecule has 2 rings (SSSR count). The van der Waals surface area contributed by atoms with Crippen molar-refractivity contribution in [2.45, 2.75) is 26.2 Å². The van der Waals surface area contributed by atoms with Crippen molar-refractivity contribution in [3.63, 3.8) is 0 Å². The van der Waals surface area contributed by atoms with E-state index in [1.165, 1.54) is 0 Å². The second-order valence-electron chi connectivity index (χ2n) is 4.03. The van der Waals surface area contributed by atoms with Gasteiger partial charge in [0, 0.05) is 12.4 Å². The number of aromatic nitrogens is 3. The van der Waals surface area contributed by atoms with E-state index >= 15 is 0 Å². The smallest absolute Gasteiger partial charge is 0.309 e. The Hall–Kier alpha value is -1.91. The zero-order chi connectivity index (χ0) is 11.7. The standard InChI is InChI=1S/C11H13N3O2/c1-7(2)8-4-12-11-13-5-9(3-10(15)16)14(11)6-8/h4-7H,3H2,1-2H3,(H,15,16). The van der Waals surface area contributed by atoms with Crippen molar-refractivity contribution in [1.29, 1.82) is 0 Å². The van der Waals surface area contributed by atoms with E-state index in [0.29, 0.717) is 17.4 Å². The first kappa shape index (κ1) is 10.6. The Morgan fingerprint density at radius 2 is 2.12 bits per heavy atom. The van der Waals surface area contributed by atoms with Gasteiger partial charge in [-0.2, -0.15) is 0 Å². The molecule has 0 spiro atoms. The number of carbonyl (C=O) groups is 1. The molecule has 2 aromatic heterocycles. The van der Waals surface area contributed by atoms with Gasteiger partial charge in [0.2, 0.25) is 5.78 Å². The van der Waals surface area contributed by atoms with Crippen LogP contribution in [0, 0.1) is 0 Å². The number of imidazole rings is 1. The summed E-state index contributed by atoms with van der Waals surface area (Å²) in [7, 11) is 0. The summed E-state index contributed by atoms with van der Waals surface area (Å²) in [6.45, 7) is 4.13. The summed E-state index contributed by atoms with van der Waals surface area (Å²) in [5, 5.41) is 8.76. The number of rotatable bonds is 3. The zero-order valence-electron chi connectivity index (χ0n) is 9.21. The van der Waals surface area contributed by atoms with Gasteiger partial charge >= 0.3 is 5.97 Å². The molecule has 0 aromatic carbocycles. The molecule has 0 saturated heterocycles. The van der Waals surface area contributed by atoms with Gasteiger partial charge in [0.25, 0.3) is 0 Å². The summed E-state index contributed by atoms with van der Waals surface area (Å²) in [5.41, 5.74) is 1.72. The van der Waals surface area contributed by atoms with E-state index in [0.717, 1.165) is 5.56 Å². The van der Waals surface area contributed by atoms with Crippen LogP contribution in [0.15, 0.2) is 18.6 Å². The van der Waals surface area contributed by atoms with Crippen molar-refractivity contribution >= 4 is 11.7 Å².